The normalized spacial score (nSPS) is 15.4. The second-order valence-electron chi connectivity index (χ2n) is 6.00. The van der Waals surface area contributed by atoms with Gasteiger partial charge in [0.1, 0.15) is 0 Å². The van der Waals surface area contributed by atoms with Crippen LogP contribution >= 0.6 is 0 Å². The minimum atomic E-state index is -3.35. The molecule has 1 aromatic carbocycles. The Hall–Kier alpha value is -0.910. The lowest BCUT2D eigenvalue weighted by atomic mass is 9.99. The molecule has 0 radical (unpaired) electrons. The van der Waals surface area contributed by atoms with Crippen LogP contribution in [0.4, 0.5) is 0 Å². The number of hydrogen-bond acceptors (Lipinski definition) is 3. The van der Waals surface area contributed by atoms with Gasteiger partial charge >= 0.3 is 0 Å². The molecule has 0 aliphatic carbocycles. The molecular weight excluding hydrogens is 284 g/mol. The predicted molar refractivity (Wildman–Crippen MR) is 87.8 cm³/mol. The van der Waals surface area contributed by atoms with Crippen LogP contribution in [0.1, 0.15) is 45.7 Å². The molecule has 0 aromatic heterocycles. The van der Waals surface area contributed by atoms with Crippen molar-refractivity contribution in [1.82, 2.24) is 9.62 Å². The summed E-state index contributed by atoms with van der Waals surface area (Å²) in [5.74, 6) is 0.575. The number of hydrogen-bond donors (Lipinski definition) is 1. The number of nitrogens with one attached hydrogen (secondary N) is 1. The molecule has 21 heavy (non-hydrogen) atoms. The topological polar surface area (TPSA) is 49.4 Å². The Balaban J connectivity index is 2.88. The van der Waals surface area contributed by atoms with E-state index in [9.17, 15) is 8.42 Å². The summed E-state index contributed by atoms with van der Waals surface area (Å²) >= 11 is 0. The van der Waals surface area contributed by atoms with Crippen LogP contribution in [0.15, 0.2) is 29.2 Å². The van der Waals surface area contributed by atoms with Gasteiger partial charge in [0.05, 0.1) is 4.90 Å². The second-order valence-corrected chi connectivity index (χ2v) is 8.16. The quantitative estimate of drug-likeness (QED) is 0.842. The Kier molecular flexibility index (Phi) is 6.38. The average Bonchev–Trinajstić information content (AvgIpc) is 2.44. The zero-order valence-corrected chi connectivity index (χ0v) is 14.7. The van der Waals surface area contributed by atoms with Crippen molar-refractivity contribution >= 4 is 10.0 Å². The first-order valence-corrected chi connectivity index (χ1v) is 8.92. The molecule has 0 aliphatic rings. The smallest absolute Gasteiger partial charge is 0.242 e. The Labute approximate surface area is 129 Å². The van der Waals surface area contributed by atoms with Gasteiger partial charge in [0.25, 0.3) is 0 Å². The standard InChI is InChI=1S/C16H28N2O2S/c1-7-16(12(2)3)17-13(4)14-8-10-15(11-9-14)21(19,20)18(5)6/h8-13,16-17H,7H2,1-6H3. The maximum atomic E-state index is 12.0. The van der Waals surface area contributed by atoms with E-state index in [0.717, 1.165) is 12.0 Å². The first kappa shape index (κ1) is 18.1. The van der Waals surface area contributed by atoms with E-state index in [4.69, 9.17) is 0 Å². The van der Waals surface area contributed by atoms with Crippen LogP contribution in [0.5, 0.6) is 0 Å². The van der Waals surface area contributed by atoms with E-state index >= 15 is 0 Å². The van der Waals surface area contributed by atoms with E-state index < -0.39 is 10.0 Å². The molecule has 0 saturated heterocycles. The van der Waals surface area contributed by atoms with Crippen LogP contribution in [-0.2, 0) is 10.0 Å². The monoisotopic (exact) mass is 312 g/mol. The number of nitrogens with zero attached hydrogens (tertiary/aromatic N) is 1. The SMILES string of the molecule is CCC(NC(C)c1ccc(S(=O)(=O)N(C)C)cc1)C(C)C. The molecule has 4 nitrogen and oxygen atoms in total. The lowest BCUT2D eigenvalue weighted by Crippen LogP contribution is -2.35. The summed E-state index contributed by atoms with van der Waals surface area (Å²) in [6, 6.07) is 7.80. The fourth-order valence-electron chi connectivity index (χ4n) is 2.34. The van der Waals surface area contributed by atoms with Gasteiger partial charge in [-0.15, -0.1) is 0 Å². The van der Waals surface area contributed by atoms with Crippen LogP contribution < -0.4 is 5.32 Å². The van der Waals surface area contributed by atoms with Gasteiger partial charge in [0, 0.05) is 26.2 Å². The summed E-state index contributed by atoms with van der Waals surface area (Å²) in [6.45, 7) is 8.71. The highest BCUT2D eigenvalue weighted by Crippen LogP contribution is 2.20. The van der Waals surface area contributed by atoms with Gasteiger partial charge in [-0.1, -0.05) is 32.9 Å². The molecule has 2 unspecified atom stereocenters. The van der Waals surface area contributed by atoms with Gasteiger partial charge in [-0.2, -0.15) is 0 Å². The van der Waals surface area contributed by atoms with Gasteiger partial charge in [0.15, 0.2) is 0 Å². The van der Waals surface area contributed by atoms with Crippen LogP contribution in [0.2, 0.25) is 0 Å². The van der Waals surface area contributed by atoms with Gasteiger partial charge in [-0.25, -0.2) is 12.7 Å². The molecule has 0 aliphatic heterocycles. The summed E-state index contributed by atoms with van der Waals surface area (Å²) < 4.78 is 25.3. The van der Waals surface area contributed by atoms with Crippen molar-refractivity contribution in [1.29, 1.82) is 0 Å². The molecule has 1 aromatic rings. The van der Waals surface area contributed by atoms with Crippen LogP contribution in [0.3, 0.4) is 0 Å². The maximum Gasteiger partial charge on any atom is 0.242 e. The molecule has 5 heteroatoms. The molecule has 1 N–H and O–H groups in total. The minimum Gasteiger partial charge on any atom is -0.307 e. The van der Waals surface area contributed by atoms with Crippen LogP contribution in [0, 0.1) is 5.92 Å². The first-order chi connectivity index (χ1) is 9.70. The van der Waals surface area contributed by atoms with Gasteiger partial charge < -0.3 is 5.32 Å². The highest BCUT2D eigenvalue weighted by molar-refractivity contribution is 7.89. The molecule has 0 amide bonds. The zero-order chi connectivity index (χ0) is 16.2. The Morgan fingerprint density at radius 1 is 1.10 bits per heavy atom. The van der Waals surface area contributed by atoms with Crippen molar-refractivity contribution in [3.63, 3.8) is 0 Å². The third-order valence-electron chi connectivity index (χ3n) is 3.87. The summed E-state index contributed by atoms with van der Waals surface area (Å²) in [5, 5.41) is 3.60. The van der Waals surface area contributed by atoms with Gasteiger partial charge in [-0.3, -0.25) is 0 Å². The summed E-state index contributed by atoms with van der Waals surface area (Å²) in [7, 11) is -0.260. The minimum absolute atomic E-state index is 0.202. The van der Waals surface area contributed by atoms with E-state index in [1.807, 2.05) is 12.1 Å². The highest BCUT2D eigenvalue weighted by Gasteiger charge is 2.18. The molecule has 0 heterocycles. The number of sulfonamides is 1. The Bertz CT molecular complexity index is 536. The van der Waals surface area contributed by atoms with E-state index in [-0.39, 0.29) is 6.04 Å². The third kappa shape index (κ3) is 4.53. The van der Waals surface area contributed by atoms with E-state index in [2.05, 4.69) is 33.0 Å². The number of benzene rings is 1. The van der Waals surface area contributed by atoms with E-state index in [0.29, 0.717) is 16.9 Å². The number of rotatable bonds is 7. The molecule has 0 saturated carbocycles. The fourth-order valence-corrected chi connectivity index (χ4v) is 3.24. The Morgan fingerprint density at radius 2 is 1.62 bits per heavy atom. The molecule has 0 spiro atoms. The van der Waals surface area contributed by atoms with Crippen molar-refractivity contribution in [3.8, 4) is 0 Å². The van der Waals surface area contributed by atoms with Crippen LogP contribution in [0.25, 0.3) is 0 Å². The van der Waals surface area contributed by atoms with Crippen molar-refractivity contribution in [2.24, 2.45) is 5.92 Å². The molecule has 120 valence electrons. The lowest BCUT2D eigenvalue weighted by molar-refractivity contribution is 0.356. The first-order valence-electron chi connectivity index (χ1n) is 7.48. The third-order valence-corrected chi connectivity index (χ3v) is 5.70. The highest BCUT2D eigenvalue weighted by atomic mass is 32.2. The molecular formula is C16H28N2O2S. The van der Waals surface area contributed by atoms with E-state index in [1.54, 1.807) is 26.2 Å². The summed E-state index contributed by atoms with van der Waals surface area (Å²) in [5.41, 5.74) is 1.10. The molecule has 2 atom stereocenters. The van der Waals surface area contributed by atoms with Crippen molar-refractivity contribution in [2.45, 2.75) is 51.1 Å². The average molecular weight is 312 g/mol. The predicted octanol–water partition coefficient (Wildman–Crippen LogP) is 3.02. The van der Waals surface area contributed by atoms with Gasteiger partial charge in [0.2, 0.25) is 10.0 Å². The summed E-state index contributed by atoms with van der Waals surface area (Å²) in [6.07, 6.45) is 1.08. The lowest BCUT2D eigenvalue weighted by Gasteiger charge is -2.25. The fraction of sp³-hybridized carbons (Fsp3) is 0.625. The Morgan fingerprint density at radius 3 is 2.00 bits per heavy atom. The van der Waals surface area contributed by atoms with E-state index in [1.165, 1.54) is 4.31 Å². The van der Waals surface area contributed by atoms with Crippen molar-refractivity contribution < 1.29 is 8.42 Å². The second kappa shape index (κ2) is 7.38. The molecule has 0 fully saturated rings. The van der Waals surface area contributed by atoms with Crippen LogP contribution in [-0.4, -0.2) is 32.9 Å². The largest absolute Gasteiger partial charge is 0.307 e. The molecule has 0 bridgehead atoms. The maximum absolute atomic E-state index is 12.0. The van der Waals surface area contributed by atoms with Crippen molar-refractivity contribution in [3.05, 3.63) is 29.8 Å². The van der Waals surface area contributed by atoms with Crippen molar-refractivity contribution in [2.75, 3.05) is 14.1 Å². The molecule has 1 rings (SSSR count). The zero-order valence-electron chi connectivity index (χ0n) is 13.9. The van der Waals surface area contributed by atoms with Gasteiger partial charge in [-0.05, 0) is 37.0 Å². The summed E-state index contributed by atoms with van der Waals surface area (Å²) in [4.78, 5) is 0.333.